The number of nitrogens with zero attached hydrogens (tertiary/aromatic N) is 1. The summed E-state index contributed by atoms with van der Waals surface area (Å²) < 4.78 is 59.1. The van der Waals surface area contributed by atoms with Gasteiger partial charge in [0.1, 0.15) is 11.2 Å². The number of rotatable bonds is 6. The van der Waals surface area contributed by atoms with Crippen LogP contribution in [0.3, 0.4) is 0 Å². The molecule has 23 heavy (non-hydrogen) atoms. The fraction of sp³-hybridized carbons (Fsp3) is 0.0769. The second-order valence-corrected chi connectivity index (χ2v) is 9.17. The van der Waals surface area contributed by atoms with Gasteiger partial charge in [-0.05, 0) is 24.3 Å². The summed E-state index contributed by atoms with van der Waals surface area (Å²) >= 11 is -1.87. The standard InChI is InChI=1S/C13H14N2O5S3/c1-20-21(14-22(16,17)12-8-4-2-5-9-12)15-23(18,19)13-10-6-3-7-11-13/h2-11H,1H3,(H,14,15). The Morgan fingerprint density at radius 1 is 0.870 bits per heavy atom. The Morgan fingerprint density at radius 2 is 1.35 bits per heavy atom. The van der Waals surface area contributed by atoms with Gasteiger partial charge in [-0.15, -0.1) is 4.13 Å². The summed E-state index contributed by atoms with van der Waals surface area (Å²) in [5.41, 5.74) is 0. The van der Waals surface area contributed by atoms with Gasteiger partial charge in [-0.3, -0.25) is 4.18 Å². The Hall–Kier alpha value is -1.59. The van der Waals surface area contributed by atoms with E-state index in [2.05, 4.69) is 7.90 Å². The number of hydrogen-bond donors (Lipinski definition) is 1. The minimum Gasteiger partial charge on any atom is -0.296 e. The molecule has 0 amide bonds. The van der Waals surface area contributed by atoms with E-state index in [0.717, 1.165) is 0 Å². The summed E-state index contributed by atoms with van der Waals surface area (Å²) in [6.45, 7) is 0. The molecule has 1 N–H and O–H groups in total. The lowest BCUT2D eigenvalue weighted by atomic mass is 10.4. The monoisotopic (exact) mass is 374 g/mol. The molecule has 2 aromatic rings. The van der Waals surface area contributed by atoms with Gasteiger partial charge in [-0.2, -0.15) is 8.42 Å². The zero-order valence-corrected chi connectivity index (χ0v) is 14.4. The van der Waals surface area contributed by atoms with Gasteiger partial charge in [-0.25, -0.2) is 8.42 Å². The van der Waals surface area contributed by atoms with Crippen LogP contribution < -0.4 is 4.13 Å². The Bertz CT molecular complexity index is 895. The first-order valence-electron chi connectivity index (χ1n) is 6.24. The molecule has 0 aliphatic heterocycles. The fourth-order valence-corrected chi connectivity index (χ4v) is 5.67. The molecule has 0 heterocycles. The highest BCUT2D eigenvalue weighted by molar-refractivity contribution is 8.04. The topological polar surface area (TPSA) is 102 Å². The van der Waals surface area contributed by atoms with E-state index in [0.29, 0.717) is 0 Å². The molecule has 2 aromatic carbocycles. The molecule has 124 valence electrons. The lowest BCUT2D eigenvalue weighted by molar-refractivity contribution is 0.476. The van der Waals surface area contributed by atoms with Gasteiger partial charge in [0.25, 0.3) is 20.0 Å². The average Bonchev–Trinajstić information content (AvgIpc) is 2.55. The first-order valence-corrected chi connectivity index (χ1v) is 10.3. The van der Waals surface area contributed by atoms with E-state index in [1.54, 1.807) is 36.4 Å². The number of benzene rings is 2. The molecule has 7 nitrogen and oxygen atoms in total. The quantitative estimate of drug-likeness (QED) is 0.828. The second kappa shape index (κ2) is 7.32. The van der Waals surface area contributed by atoms with Crippen LogP contribution in [0.1, 0.15) is 0 Å². The van der Waals surface area contributed by atoms with Crippen LogP contribution in [0.5, 0.6) is 0 Å². The van der Waals surface area contributed by atoms with Crippen LogP contribution in [0, 0.1) is 0 Å². The number of sulfonamides is 2. The molecule has 10 heteroatoms. The SMILES string of the molecule is COS(=NS(=O)(=O)c1ccccc1)NS(=O)(=O)c1ccccc1. The van der Waals surface area contributed by atoms with Crippen molar-refractivity contribution in [2.45, 2.75) is 9.79 Å². The van der Waals surface area contributed by atoms with E-state index in [9.17, 15) is 16.8 Å². The fourth-order valence-electron chi connectivity index (χ4n) is 1.55. The van der Waals surface area contributed by atoms with E-state index in [1.165, 1.54) is 31.4 Å². The van der Waals surface area contributed by atoms with Crippen LogP contribution in [-0.4, -0.2) is 23.9 Å². The van der Waals surface area contributed by atoms with Crippen LogP contribution in [0.15, 0.2) is 74.2 Å². The highest BCUT2D eigenvalue weighted by Crippen LogP contribution is 2.14. The second-order valence-electron chi connectivity index (χ2n) is 4.18. The van der Waals surface area contributed by atoms with Crippen LogP contribution in [0.25, 0.3) is 0 Å². The van der Waals surface area contributed by atoms with Crippen molar-refractivity contribution in [3.63, 3.8) is 0 Å². The Morgan fingerprint density at radius 3 is 1.83 bits per heavy atom. The third kappa shape index (κ3) is 4.69. The largest absolute Gasteiger partial charge is 0.296 e. The zero-order valence-electron chi connectivity index (χ0n) is 12.0. The third-order valence-corrected chi connectivity index (χ3v) is 7.45. The van der Waals surface area contributed by atoms with Crippen molar-refractivity contribution in [2.24, 2.45) is 3.77 Å². The minimum absolute atomic E-state index is 0.0122. The number of nitrogens with one attached hydrogen (secondary N) is 1. The summed E-state index contributed by atoms with van der Waals surface area (Å²) in [4.78, 5) is -0.0599. The van der Waals surface area contributed by atoms with Crippen molar-refractivity contribution in [3.8, 4) is 0 Å². The lowest BCUT2D eigenvalue weighted by Gasteiger charge is -2.08. The minimum atomic E-state index is -4.04. The van der Waals surface area contributed by atoms with Gasteiger partial charge in [0.2, 0.25) is 0 Å². The summed E-state index contributed by atoms with van der Waals surface area (Å²) in [6.07, 6.45) is 0. The molecule has 0 aromatic heterocycles. The Balaban J connectivity index is 2.34. The first kappa shape index (κ1) is 17.8. The van der Waals surface area contributed by atoms with E-state index in [1.807, 2.05) is 0 Å². The lowest BCUT2D eigenvalue weighted by Crippen LogP contribution is -2.27. The molecule has 0 aliphatic carbocycles. The zero-order chi connectivity index (χ0) is 16.9. The van der Waals surface area contributed by atoms with E-state index < -0.39 is 31.2 Å². The summed E-state index contributed by atoms with van der Waals surface area (Å²) in [7, 11) is -6.82. The predicted molar refractivity (Wildman–Crippen MR) is 87.2 cm³/mol. The highest BCUT2D eigenvalue weighted by Gasteiger charge is 2.19. The molecule has 0 bridgehead atoms. The maximum absolute atomic E-state index is 12.2. The molecule has 0 aliphatic rings. The van der Waals surface area contributed by atoms with Crippen molar-refractivity contribution in [2.75, 3.05) is 7.11 Å². The molecule has 0 radical (unpaired) electrons. The Labute approximate surface area is 137 Å². The normalized spacial score (nSPS) is 13.8. The van der Waals surface area contributed by atoms with Crippen molar-refractivity contribution in [1.82, 2.24) is 4.13 Å². The maximum Gasteiger partial charge on any atom is 0.291 e. The molecule has 0 fully saturated rings. The summed E-state index contributed by atoms with van der Waals surface area (Å²) in [5.74, 6) is 0. The van der Waals surface area contributed by atoms with Crippen molar-refractivity contribution < 1.29 is 21.0 Å². The molecule has 1 unspecified atom stereocenters. The van der Waals surface area contributed by atoms with Gasteiger partial charge in [-0.1, -0.05) is 40.2 Å². The number of hydrogen-bond acceptors (Lipinski definition) is 5. The van der Waals surface area contributed by atoms with Gasteiger partial charge < -0.3 is 0 Å². The van der Waals surface area contributed by atoms with Gasteiger partial charge in [0, 0.05) is 0 Å². The Kier molecular flexibility index (Phi) is 5.65. The molecule has 0 spiro atoms. The van der Waals surface area contributed by atoms with Gasteiger partial charge in [0.05, 0.1) is 16.9 Å². The van der Waals surface area contributed by atoms with Crippen LogP contribution >= 0.6 is 0 Å². The smallest absolute Gasteiger partial charge is 0.291 e. The molecular formula is C13H14N2O5S3. The summed E-state index contributed by atoms with van der Waals surface area (Å²) in [6, 6.07) is 15.0. The van der Waals surface area contributed by atoms with Crippen LogP contribution in [0.4, 0.5) is 0 Å². The molecule has 2 rings (SSSR count). The maximum atomic E-state index is 12.2. The van der Waals surface area contributed by atoms with Crippen LogP contribution in [-0.2, 0) is 35.4 Å². The first-order chi connectivity index (χ1) is 10.8. The van der Waals surface area contributed by atoms with Crippen molar-refractivity contribution >= 4 is 31.2 Å². The van der Waals surface area contributed by atoms with E-state index >= 15 is 0 Å². The molecule has 0 saturated carbocycles. The molecular weight excluding hydrogens is 360 g/mol. The molecule has 1 atom stereocenters. The molecule has 0 saturated heterocycles. The van der Waals surface area contributed by atoms with Gasteiger partial charge >= 0.3 is 0 Å². The van der Waals surface area contributed by atoms with Crippen LogP contribution in [0.2, 0.25) is 0 Å². The third-order valence-electron chi connectivity index (χ3n) is 2.60. The van der Waals surface area contributed by atoms with Crippen molar-refractivity contribution in [1.29, 1.82) is 0 Å². The van der Waals surface area contributed by atoms with E-state index in [-0.39, 0.29) is 9.79 Å². The van der Waals surface area contributed by atoms with E-state index in [4.69, 9.17) is 4.18 Å². The van der Waals surface area contributed by atoms with Crippen molar-refractivity contribution in [3.05, 3.63) is 60.7 Å². The predicted octanol–water partition coefficient (Wildman–Crippen LogP) is 1.63. The average molecular weight is 374 g/mol. The van der Waals surface area contributed by atoms with Gasteiger partial charge in [0.15, 0.2) is 0 Å². The highest BCUT2D eigenvalue weighted by atomic mass is 32.3. The summed E-state index contributed by atoms with van der Waals surface area (Å²) in [5, 5.41) is 0.